The van der Waals surface area contributed by atoms with Crippen molar-refractivity contribution in [3.8, 4) is 11.4 Å². The van der Waals surface area contributed by atoms with Gasteiger partial charge in [-0.1, -0.05) is 18.2 Å². The van der Waals surface area contributed by atoms with E-state index in [1.807, 2.05) is 12.1 Å². The van der Waals surface area contributed by atoms with E-state index in [1.165, 1.54) is 11.7 Å². The second-order valence-electron chi connectivity index (χ2n) is 8.29. The van der Waals surface area contributed by atoms with Gasteiger partial charge in [0.2, 0.25) is 5.91 Å². The Balaban J connectivity index is 1.41. The minimum absolute atomic E-state index is 0.0470. The van der Waals surface area contributed by atoms with Crippen molar-refractivity contribution in [1.29, 1.82) is 0 Å². The molecule has 0 spiro atoms. The first kappa shape index (κ1) is 23.2. The van der Waals surface area contributed by atoms with Crippen LogP contribution in [0.4, 0.5) is 0 Å². The third-order valence-corrected chi connectivity index (χ3v) is 6.12. The van der Waals surface area contributed by atoms with E-state index in [2.05, 4.69) is 15.0 Å². The van der Waals surface area contributed by atoms with Crippen LogP contribution in [0.1, 0.15) is 16.2 Å². The molecule has 2 amide bonds. The van der Waals surface area contributed by atoms with E-state index in [1.54, 1.807) is 64.7 Å². The standard InChI is InChI=1S/C26H24N6O4/c1-36-21-10-3-2-9-20(21)32-24-19(8-6-12-28-24)29-23(26(32)35)25(34)31-15-13-30(14-16-31)22(33)17-18-7-4-5-11-27-18/h2-12H,13-17H2,1H3. The fraction of sp³-hybridized carbons (Fsp3) is 0.231. The van der Waals surface area contributed by atoms with E-state index in [9.17, 15) is 14.4 Å². The number of carbonyl (C=O) groups is 2. The van der Waals surface area contributed by atoms with Gasteiger partial charge in [0.1, 0.15) is 11.3 Å². The molecule has 36 heavy (non-hydrogen) atoms. The van der Waals surface area contributed by atoms with Crippen molar-refractivity contribution in [3.05, 3.63) is 88.7 Å². The van der Waals surface area contributed by atoms with Crippen LogP contribution in [0.25, 0.3) is 16.9 Å². The average molecular weight is 485 g/mol. The van der Waals surface area contributed by atoms with E-state index in [0.29, 0.717) is 54.5 Å². The van der Waals surface area contributed by atoms with Crippen LogP contribution in [-0.4, -0.2) is 74.4 Å². The lowest BCUT2D eigenvalue weighted by molar-refractivity contribution is -0.132. The first-order chi connectivity index (χ1) is 17.6. The maximum absolute atomic E-state index is 13.6. The first-order valence-corrected chi connectivity index (χ1v) is 11.5. The second kappa shape index (κ2) is 9.95. The summed E-state index contributed by atoms with van der Waals surface area (Å²) >= 11 is 0. The van der Waals surface area contributed by atoms with E-state index in [0.717, 1.165) is 0 Å². The van der Waals surface area contributed by atoms with Gasteiger partial charge in [-0.05, 0) is 36.4 Å². The highest BCUT2D eigenvalue weighted by Crippen LogP contribution is 2.23. The highest BCUT2D eigenvalue weighted by atomic mass is 16.5. The van der Waals surface area contributed by atoms with E-state index < -0.39 is 11.5 Å². The number of ether oxygens (including phenoxy) is 1. The van der Waals surface area contributed by atoms with Crippen LogP contribution in [0.3, 0.4) is 0 Å². The van der Waals surface area contributed by atoms with Gasteiger partial charge in [0.05, 0.1) is 19.2 Å². The number of aromatic nitrogens is 4. The smallest absolute Gasteiger partial charge is 0.288 e. The van der Waals surface area contributed by atoms with Gasteiger partial charge < -0.3 is 14.5 Å². The molecule has 0 unspecified atom stereocenters. The van der Waals surface area contributed by atoms with Crippen LogP contribution in [0.5, 0.6) is 5.75 Å². The molecule has 0 radical (unpaired) electrons. The SMILES string of the molecule is COc1ccccc1-n1c(=O)c(C(=O)N2CCN(C(=O)Cc3ccccn3)CC2)nc2cccnc21. The Morgan fingerprint density at radius 3 is 2.36 bits per heavy atom. The zero-order chi connectivity index (χ0) is 25.1. The summed E-state index contributed by atoms with van der Waals surface area (Å²) in [7, 11) is 1.52. The third kappa shape index (κ3) is 4.40. The van der Waals surface area contributed by atoms with Crippen LogP contribution in [0, 0.1) is 0 Å². The Kier molecular flexibility index (Phi) is 6.40. The van der Waals surface area contributed by atoms with E-state index >= 15 is 0 Å². The summed E-state index contributed by atoms with van der Waals surface area (Å²) in [5, 5.41) is 0. The molecule has 1 aromatic carbocycles. The van der Waals surface area contributed by atoms with Gasteiger partial charge in [-0.25, -0.2) is 9.97 Å². The third-order valence-electron chi connectivity index (χ3n) is 6.12. The summed E-state index contributed by atoms with van der Waals surface area (Å²) in [5.41, 5.74) is 1.13. The fourth-order valence-corrected chi connectivity index (χ4v) is 4.27. The highest BCUT2D eigenvalue weighted by molar-refractivity contribution is 5.94. The number of benzene rings is 1. The Hall–Kier alpha value is -4.60. The Labute approximate surface area is 206 Å². The molecule has 0 bridgehead atoms. The number of amides is 2. The number of pyridine rings is 2. The molecule has 1 aliphatic heterocycles. The van der Waals surface area contributed by atoms with Crippen molar-refractivity contribution in [3.63, 3.8) is 0 Å². The molecule has 1 saturated heterocycles. The molecule has 0 saturated carbocycles. The van der Waals surface area contributed by atoms with Crippen LogP contribution in [0.15, 0.2) is 71.8 Å². The number of fused-ring (bicyclic) bond motifs is 1. The fourth-order valence-electron chi connectivity index (χ4n) is 4.27. The first-order valence-electron chi connectivity index (χ1n) is 11.5. The normalized spacial score (nSPS) is 13.6. The Bertz CT molecular complexity index is 1480. The predicted molar refractivity (Wildman–Crippen MR) is 132 cm³/mol. The van der Waals surface area contributed by atoms with Crippen molar-refractivity contribution in [2.24, 2.45) is 0 Å². The molecule has 10 heteroatoms. The maximum Gasteiger partial charge on any atom is 0.288 e. The molecule has 4 heterocycles. The molecule has 3 aromatic heterocycles. The molecule has 1 aliphatic rings. The Morgan fingerprint density at radius 2 is 1.61 bits per heavy atom. The molecule has 4 aromatic rings. The van der Waals surface area contributed by atoms with Crippen molar-refractivity contribution < 1.29 is 14.3 Å². The lowest BCUT2D eigenvalue weighted by Gasteiger charge is -2.34. The van der Waals surface area contributed by atoms with Gasteiger partial charge in [-0.3, -0.25) is 23.9 Å². The van der Waals surface area contributed by atoms with Gasteiger partial charge in [-0.15, -0.1) is 0 Å². The molecular formula is C26H24N6O4. The van der Waals surface area contributed by atoms with Crippen molar-refractivity contribution >= 4 is 23.0 Å². The summed E-state index contributed by atoms with van der Waals surface area (Å²) in [6.07, 6.45) is 3.43. The molecule has 1 fully saturated rings. The van der Waals surface area contributed by atoms with Crippen molar-refractivity contribution in [2.45, 2.75) is 6.42 Å². The number of hydrogen-bond donors (Lipinski definition) is 0. The number of para-hydroxylation sites is 2. The van der Waals surface area contributed by atoms with Crippen molar-refractivity contribution in [1.82, 2.24) is 29.3 Å². The quantitative estimate of drug-likeness (QED) is 0.424. The van der Waals surface area contributed by atoms with Gasteiger partial charge >= 0.3 is 0 Å². The van der Waals surface area contributed by atoms with Gasteiger partial charge in [0.25, 0.3) is 11.5 Å². The lowest BCUT2D eigenvalue weighted by atomic mass is 10.2. The molecule has 182 valence electrons. The van der Waals surface area contributed by atoms with Gasteiger partial charge in [0.15, 0.2) is 11.3 Å². The summed E-state index contributed by atoms with van der Waals surface area (Å²) < 4.78 is 6.81. The molecule has 0 aliphatic carbocycles. The number of piperazine rings is 1. The zero-order valence-corrected chi connectivity index (χ0v) is 19.7. The van der Waals surface area contributed by atoms with Gasteiger partial charge in [-0.2, -0.15) is 0 Å². The molecule has 10 nitrogen and oxygen atoms in total. The average Bonchev–Trinajstić information content (AvgIpc) is 2.93. The summed E-state index contributed by atoms with van der Waals surface area (Å²) in [4.78, 5) is 55.9. The van der Waals surface area contributed by atoms with Crippen LogP contribution in [0.2, 0.25) is 0 Å². The lowest BCUT2D eigenvalue weighted by Crippen LogP contribution is -2.52. The van der Waals surface area contributed by atoms with Crippen molar-refractivity contribution in [2.75, 3.05) is 33.3 Å². The monoisotopic (exact) mass is 484 g/mol. The molecule has 0 N–H and O–H groups in total. The molecule has 5 rings (SSSR count). The zero-order valence-electron chi connectivity index (χ0n) is 19.7. The second-order valence-corrected chi connectivity index (χ2v) is 8.29. The highest BCUT2D eigenvalue weighted by Gasteiger charge is 2.29. The van der Waals surface area contributed by atoms with Crippen LogP contribution >= 0.6 is 0 Å². The molecular weight excluding hydrogens is 460 g/mol. The number of nitrogens with zero attached hydrogens (tertiary/aromatic N) is 6. The summed E-state index contributed by atoms with van der Waals surface area (Å²) in [6, 6.07) is 15.9. The number of carbonyl (C=O) groups excluding carboxylic acids is 2. The minimum atomic E-state index is -0.579. The minimum Gasteiger partial charge on any atom is -0.495 e. The van der Waals surface area contributed by atoms with E-state index in [-0.39, 0.29) is 18.0 Å². The summed E-state index contributed by atoms with van der Waals surface area (Å²) in [6.45, 7) is 1.34. The summed E-state index contributed by atoms with van der Waals surface area (Å²) in [5.74, 6) is -0.0587. The van der Waals surface area contributed by atoms with Gasteiger partial charge in [0, 0.05) is 44.3 Å². The van der Waals surface area contributed by atoms with E-state index in [4.69, 9.17) is 4.74 Å². The van der Waals surface area contributed by atoms with Crippen LogP contribution < -0.4 is 10.3 Å². The largest absolute Gasteiger partial charge is 0.495 e. The maximum atomic E-state index is 13.6. The number of hydrogen-bond acceptors (Lipinski definition) is 7. The molecule has 0 atom stereocenters. The topological polar surface area (TPSA) is 111 Å². The predicted octanol–water partition coefficient (Wildman–Crippen LogP) is 1.71. The Morgan fingerprint density at radius 1 is 0.889 bits per heavy atom. The number of methoxy groups -OCH3 is 1. The number of rotatable bonds is 5. The van der Waals surface area contributed by atoms with Crippen LogP contribution in [-0.2, 0) is 11.2 Å².